The molecule has 130 valence electrons. The topological polar surface area (TPSA) is 56.9 Å². The van der Waals surface area contributed by atoms with E-state index < -0.39 is 0 Å². The van der Waals surface area contributed by atoms with E-state index >= 15 is 0 Å². The fourth-order valence-corrected chi connectivity index (χ4v) is 2.50. The standard InChI is InChI=1S/C17H29N5.HI/c1-3-8-19-17(18)20-13-15-4-6-16(7-5-15)14-22-11-9-21(2)10-12-22;/h4-7H,3,8-14H2,1-2H3,(H3,18,19,20);1H. The molecule has 1 fully saturated rings. The summed E-state index contributed by atoms with van der Waals surface area (Å²) in [6.45, 7) is 9.30. The van der Waals surface area contributed by atoms with Crippen LogP contribution < -0.4 is 11.1 Å². The Balaban J connectivity index is 0.00000264. The van der Waals surface area contributed by atoms with Crippen molar-refractivity contribution in [1.29, 1.82) is 0 Å². The molecule has 23 heavy (non-hydrogen) atoms. The molecule has 0 atom stereocenters. The Morgan fingerprint density at radius 1 is 1.13 bits per heavy atom. The highest BCUT2D eigenvalue weighted by Gasteiger charge is 2.13. The predicted molar refractivity (Wildman–Crippen MR) is 108 cm³/mol. The zero-order valence-corrected chi connectivity index (χ0v) is 16.6. The summed E-state index contributed by atoms with van der Waals surface area (Å²) in [5, 5.41) is 3.09. The molecular formula is C17H30IN5. The van der Waals surface area contributed by atoms with Gasteiger partial charge in [0.15, 0.2) is 5.96 Å². The summed E-state index contributed by atoms with van der Waals surface area (Å²) in [6, 6.07) is 8.72. The fourth-order valence-electron chi connectivity index (χ4n) is 2.50. The quantitative estimate of drug-likeness (QED) is 0.410. The molecule has 0 bridgehead atoms. The van der Waals surface area contributed by atoms with Crippen LogP contribution in [0.3, 0.4) is 0 Å². The van der Waals surface area contributed by atoms with Gasteiger partial charge in [-0.2, -0.15) is 0 Å². The van der Waals surface area contributed by atoms with Gasteiger partial charge in [-0.05, 0) is 24.6 Å². The number of benzene rings is 1. The van der Waals surface area contributed by atoms with E-state index in [0.717, 1.165) is 45.7 Å². The van der Waals surface area contributed by atoms with Gasteiger partial charge in [0.05, 0.1) is 6.54 Å². The lowest BCUT2D eigenvalue weighted by Crippen LogP contribution is -2.43. The third-order valence-electron chi connectivity index (χ3n) is 4.01. The minimum Gasteiger partial charge on any atom is -0.370 e. The van der Waals surface area contributed by atoms with Gasteiger partial charge in [0, 0.05) is 39.3 Å². The van der Waals surface area contributed by atoms with Gasteiger partial charge in [-0.3, -0.25) is 4.90 Å². The number of piperazine rings is 1. The lowest BCUT2D eigenvalue weighted by Gasteiger charge is -2.32. The van der Waals surface area contributed by atoms with Gasteiger partial charge < -0.3 is 16.0 Å². The molecule has 5 nitrogen and oxygen atoms in total. The lowest BCUT2D eigenvalue weighted by molar-refractivity contribution is 0.148. The number of aliphatic imine (C=N–C) groups is 1. The van der Waals surface area contributed by atoms with Crippen LogP contribution >= 0.6 is 24.0 Å². The highest BCUT2D eigenvalue weighted by molar-refractivity contribution is 14.0. The van der Waals surface area contributed by atoms with Crippen molar-refractivity contribution in [2.24, 2.45) is 10.7 Å². The van der Waals surface area contributed by atoms with Crippen molar-refractivity contribution in [1.82, 2.24) is 15.1 Å². The monoisotopic (exact) mass is 431 g/mol. The average molecular weight is 431 g/mol. The molecule has 0 amide bonds. The van der Waals surface area contributed by atoms with Crippen molar-refractivity contribution in [2.45, 2.75) is 26.4 Å². The number of halogens is 1. The molecular weight excluding hydrogens is 401 g/mol. The second-order valence-corrected chi connectivity index (χ2v) is 6.02. The van der Waals surface area contributed by atoms with E-state index in [1.165, 1.54) is 11.1 Å². The van der Waals surface area contributed by atoms with Crippen LogP contribution in [0.5, 0.6) is 0 Å². The minimum absolute atomic E-state index is 0. The van der Waals surface area contributed by atoms with E-state index in [2.05, 4.69) is 58.3 Å². The van der Waals surface area contributed by atoms with Crippen molar-refractivity contribution in [3.63, 3.8) is 0 Å². The van der Waals surface area contributed by atoms with Gasteiger partial charge >= 0.3 is 0 Å². The summed E-state index contributed by atoms with van der Waals surface area (Å²) in [7, 11) is 2.19. The van der Waals surface area contributed by atoms with Crippen molar-refractivity contribution in [3.8, 4) is 0 Å². The van der Waals surface area contributed by atoms with Gasteiger partial charge in [-0.15, -0.1) is 24.0 Å². The molecule has 6 heteroatoms. The molecule has 0 aliphatic carbocycles. The van der Waals surface area contributed by atoms with Crippen LogP contribution in [0, 0.1) is 0 Å². The summed E-state index contributed by atoms with van der Waals surface area (Å²) in [6.07, 6.45) is 1.05. The Bertz CT molecular complexity index is 466. The normalized spacial score (nSPS) is 16.9. The number of rotatable bonds is 6. The van der Waals surface area contributed by atoms with Gasteiger partial charge in [0.2, 0.25) is 0 Å². The maximum Gasteiger partial charge on any atom is 0.188 e. The fraction of sp³-hybridized carbons (Fsp3) is 0.588. The molecule has 0 aromatic heterocycles. The Kier molecular flexibility index (Phi) is 9.50. The van der Waals surface area contributed by atoms with Crippen molar-refractivity contribution in [3.05, 3.63) is 35.4 Å². The first-order chi connectivity index (χ1) is 10.7. The molecule has 1 heterocycles. The van der Waals surface area contributed by atoms with Crippen LogP contribution in [0.25, 0.3) is 0 Å². The van der Waals surface area contributed by atoms with Crippen molar-refractivity contribution < 1.29 is 0 Å². The summed E-state index contributed by atoms with van der Waals surface area (Å²) < 4.78 is 0. The Morgan fingerprint density at radius 2 is 1.74 bits per heavy atom. The third kappa shape index (κ3) is 7.50. The van der Waals surface area contributed by atoms with Gasteiger partial charge in [-0.1, -0.05) is 31.2 Å². The number of nitrogens with zero attached hydrogens (tertiary/aromatic N) is 3. The van der Waals surface area contributed by atoms with Crippen LogP contribution in [0.4, 0.5) is 0 Å². The Labute approximate surface area is 157 Å². The van der Waals surface area contributed by atoms with E-state index in [-0.39, 0.29) is 24.0 Å². The average Bonchev–Trinajstić information content (AvgIpc) is 2.54. The molecule has 0 saturated carbocycles. The number of nitrogens with one attached hydrogen (secondary N) is 1. The predicted octanol–water partition coefficient (Wildman–Crippen LogP) is 1.87. The van der Waals surface area contributed by atoms with Crippen LogP contribution in [0.15, 0.2) is 29.3 Å². The highest BCUT2D eigenvalue weighted by Crippen LogP contribution is 2.10. The number of hydrogen-bond acceptors (Lipinski definition) is 3. The van der Waals surface area contributed by atoms with Crippen molar-refractivity contribution in [2.75, 3.05) is 39.8 Å². The van der Waals surface area contributed by atoms with E-state index in [1.54, 1.807) is 0 Å². The molecule has 1 aliphatic rings. The second kappa shape index (κ2) is 10.8. The Morgan fingerprint density at radius 3 is 2.35 bits per heavy atom. The number of guanidine groups is 1. The van der Waals surface area contributed by atoms with E-state index in [1.807, 2.05) is 0 Å². The first-order valence-electron chi connectivity index (χ1n) is 8.20. The molecule has 1 aromatic rings. The minimum atomic E-state index is 0. The summed E-state index contributed by atoms with van der Waals surface area (Å²) in [5.41, 5.74) is 8.37. The molecule has 1 aromatic carbocycles. The molecule has 3 N–H and O–H groups in total. The maximum atomic E-state index is 5.80. The largest absolute Gasteiger partial charge is 0.370 e. The van der Waals surface area contributed by atoms with E-state index in [9.17, 15) is 0 Å². The second-order valence-electron chi connectivity index (χ2n) is 6.02. The van der Waals surface area contributed by atoms with E-state index in [4.69, 9.17) is 5.73 Å². The maximum absolute atomic E-state index is 5.80. The first kappa shape index (κ1) is 20.2. The molecule has 0 radical (unpaired) electrons. The van der Waals surface area contributed by atoms with Gasteiger partial charge in [0.25, 0.3) is 0 Å². The Hall–Kier alpha value is -0.860. The molecule has 0 spiro atoms. The van der Waals surface area contributed by atoms with Crippen LogP contribution in [0.2, 0.25) is 0 Å². The zero-order valence-electron chi connectivity index (χ0n) is 14.3. The van der Waals surface area contributed by atoms with Gasteiger partial charge in [-0.25, -0.2) is 4.99 Å². The van der Waals surface area contributed by atoms with Crippen LogP contribution in [-0.2, 0) is 13.1 Å². The third-order valence-corrected chi connectivity index (χ3v) is 4.01. The first-order valence-corrected chi connectivity index (χ1v) is 8.20. The van der Waals surface area contributed by atoms with Crippen LogP contribution in [0.1, 0.15) is 24.5 Å². The molecule has 1 aliphatic heterocycles. The molecule has 2 rings (SSSR count). The SMILES string of the molecule is CCCNC(N)=NCc1ccc(CN2CCN(C)CC2)cc1.I. The number of likely N-dealkylation sites (N-methyl/N-ethyl adjacent to an activating group) is 1. The summed E-state index contributed by atoms with van der Waals surface area (Å²) in [5.74, 6) is 0.531. The smallest absolute Gasteiger partial charge is 0.188 e. The molecule has 0 unspecified atom stereocenters. The van der Waals surface area contributed by atoms with Crippen LogP contribution in [-0.4, -0.2) is 55.5 Å². The van der Waals surface area contributed by atoms with Crippen molar-refractivity contribution >= 4 is 29.9 Å². The van der Waals surface area contributed by atoms with E-state index in [0.29, 0.717) is 12.5 Å². The zero-order chi connectivity index (χ0) is 15.8. The number of hydrogen-bond donors (Lipinski definition) is 2. The number of nitrogens with two attached hydrogens (primary N) is 1. The lowest BCUT2D eigenvalue weighted by atomic mass is 10.1. The molecule has 1 saturated heterocycles. The summed E-state index contributed by atoms with van der Waals surface area (Å²) in [4.78, 5) is 9.25. The summed E-state index contributed by atoms with van der Waals surface area (Å²) >= 11 is 0. The highest BCUT2D eigenvalue weighted by atomic mass is 127. The van der Waals surface area contributed by atoms with Gasteiger partial charge in [0.1, 0.15) is 0 Å².